The Hall–Kier alpha value is -1.64. The molecule has 1 N–H and O–H groups in total. The second kappa shape index (κ2) is 4.92. The molecule has 1 aromatic rings. The molecule has 0 amide bonds. The van der Waals surface area contributed by atoms with Crippen molar-refractivity contribution in [2.75, 3.05) is 24.6 Å². The van der Waals surface area contributed by atoms with Gasteiger partial charge in [0.2, 0.25) is 0 Å². The van der Waals surface area contributed by atoms with Gasteiger partial charge in [0.05, 0.1) is 29.9 Å². The summed E-state index contributed by atoms with van der Waals surface area (Å²) in [4.78, 5) is 6.33. The van der Waals surface area contributed by atoms with Crippen LogP contribution in [0.2, 0.25) is 0 Å². The van der Waals surface area contributed by atoms with Gasteiger partial charge in [0.1, 0.15) is 5.82 Å². The summed E-state index contributed by atoms with van der Waals surface area (Å²) in [7, 11) is 0. The minimum atomic E-state index is -0.337. The smallest absolute Gasteiger partial charge is 0.129 e. The van der Waals surface area contributed by atoms with Gasteiger partial charge >= 0.3 is 0 Å². The molecule has 5 nitrogen and oxygen atoms in total. The van der Waals surface area contributed by atoms with Crippen LogP contribution in [0.1, 0.15) is 19.4 Å². The van der Waals surface area contributed by atoms with Crippen LogP contribution in [0.4, 0.5) is 5.82 Å². The van der Waals surface area contributed by atoms with Crippen LogP contribution < -0.4 is 4.90 Å². The number of aromatic nitrogens is 1. The van der Waals surface area contributed by atoms with Gasteiger partial charge in [-0.2, -0.15) is 5.26 Å². The molecule has 0 bridgehead atoms. The lowest BCUT2D eigenvalue weighted by Gasteiger charge is -2.42. The third-order valence-corrected chi connectivity index (χ3v) is 2.88. The predicted octanol–water partition coefficient (Wildman–Crippen LogP) is 0.929. The second-order valence-corrected chi connectivity index (χ2v) is 5.08. The number of morpholine rings is 1. The predicted molar refractivity (Wildman–Crippen MR) is 67.2 cm³/mol. The number of aliphatic hydroxyl groups is 1. The van der Waals surface area contributed by atoms with Crippen LogP contribution in [0.25, 0.3) is 0 Å². The number of aliphatic hydroxyl groups excluding tert-OH is 1. The molecule has 2 rings (SSSR count). The number of hydrogen-bond acceptors (Lipinski definition) is 5. The van der Waals surface area contributed by atoms with E-state index in [4.69, 9.17) is 10.00 Å². The number of hydrogen-bond donors (Lipinski definition) is 1. The van der Waals surface area contributed by atoms with Crippen molar-refractivity contribution in [3.63, 3.8) is 0 Å². The van der Waals surface area contributed by atoms with E-state index < -0.39 is 0 Å². The highest BCUT2D eigenvalue weighted by Crippen LogP contribution is 2.25. The lowest BCUT2D eigenvalue weighted by atomic mass is 10.1. The Kier molecular flexibility index (Phi) is 3.50. The zero-order valence-corrected chi connectivity index (χ0v) is 10.6. The van der Waals surface area contributed by atoms with Gasteiger partial charge in [0.15, 0.2) is 0 Å². The van der Waals surface area contributed by atoms with Gasteiger partial charge in [0, 0.05) is 19.3 Å². The zero-order chi connectivity index (χ0) is 13.2. The Bertz CT molecular complexity index is 468. The molecule has 1 fully saturated rings. The number of nitriles is 1. The minimum absolute atomic E-state index is 0.0160. The summed E-state index contributed by atoms with van der Waals surface area (Å²) >= 11 is 0. The number of anilines is 1. The summed E-state index contributed by atoms with van der Waals surface area (Å²) in [6.45, 7) is 5.22. The fourth-order valence-corrected chi connectivity index (χ4v) is 2.23. The molecule has 0 aromatic carbocycles. The Balaban J connectivity index is 2.23. The Morgan fingerprint density at radius 2 is 2.44 bits per heavy atom. The van der Waals surface area contributed by atoms with Gasteiger partial charge in [-0.25, -0.2) is 4.98 Å². The molecule has 0 saturated carbocycles. The van der Waals surface area contributed by atoms with Crippen molar-refractivity contribution < 1.29 is 9.84 Å². The summed E-state index contributed by atoms with van der Waals surface area (Å²) in [5, 5.41) is 18.2. The van der Waals surface area contributed by atoms with E-state index >= 15 is 0 Å². The zero-order valence-electron chi connectivity index (χ0n) is 10.6. The van der Waals surface area contributed by atoms with Gasteiger partial charge in [0.25, 0.3) is 0 Å². The quantitative estimate of drug-likeness (QED) is 0.842. The number of rotatable bonds is 2. The van der Waals surface area contributed by atoms with Gasteiger partial charge < -0.3 is 14.7 Å². The molecule has 0 radical (unpaired) electrons. The van der Waals surface area contributed by atoms with Gasteiger partial charge in [-0.05, 0) is 26.0 Å². The van der Waals surface area contributed by atoms with Gasteiger partial charge in [-0.15, -0.1) is 0 Å². The molecular weight excluding hydrogens is 230 g/mol. The average molecular weight is 247 g/mol. The molecule has 1 aromatic heterocycles. The van der Waals surface area contributed by atoms with Crippen LogP contribution in [0.3, 0.4) is 0 Å². The highest BCUT2D eigenvalue weighted by molar-refractivity contribution is 5.45. The van der Waals surface area contributed by atoms with Crippen LogP contribution in [0, 0.1) is 11.3 Å². The van der Waals surface area contributed by atoms with E-state index in [-0.39, 0.29) is 18.3 Å². The number of pyridine rings is 1. The molecular formula is C13H17N3O2. The molecule has 18 heavy (non-hydrogen) atoms. The van der Waals surface area contributed by atoms with Crippen molar-refractivity contribution in [2.24, 2.45) is 0 Å². The maximum atomic E-state index is 9.26. The molecule has 0 aliphatic carbocycles. The van der Waals surface area contributed by atoms with Crippen molar-refractivity contribution >= 4 is 5.82 Å². The first-order valence-electron chi connectivity index (χ1n) is 5.94. The Morgan fingerprint density at radius 3 is 3.11 bits per heavy atom. The molecule has 1 saturated heterocycles. The monoisotopic (exact) mass is 247 g/mol. The topological polar surface area (TPSA) is 69.4 Å². The van der Waals surface area contributed by atoms with E-state index in [9.17, 15) is 5.11 Å². The molecule has 1 unspecified atom stereocenters. The molecule has 0 spiro atoms. The van der Waals surface area contributed by atoms with Crippen LogP contribution in [0.5, 0.6) is 0 Å². The first-order valence-corrected chi connectivity index (χ1v) is 5.94. The SMILES string of the molecule is CC1(C)CN(c2cc(C#N)ccn2)CC(CO)O1. The fourth-order valence-electron chi connectivity index (χ4n) is 2.23. The van der Waals surface area contributed by atoms with Crippen LogP contribution >= 0.6 is 0 Å². The lowest BCUT2D eigenvalue weighted by molar-refractivity contribution is -0.101. The summed E-state index contributed by atoms with van der Waals surface area (Å²) in [6, 6.07) is 5.54. The lowest BCUT2D eigenvalue weighted by Crippen LogP contribution is -2.54. The van der Waals surface area contributed by atoms with E-state index in [2.05, 4.69) is 11.1 Å². The summed E-state index contributed by atoms with van der Waals surface area (Å²) in [5.41, 5.74) is 0.250. The maximum Gasteiger partial charge on any atom is 0.129 e. The fraction of sp³-hybridized carbons (Fsp3) is 0.538. The molecule has 5 heteroatoms. The summed E-state index contributed by atoms with van der Waals surface area (Å²) < 4.78 is 5.75. The first kappa shape index (κ1) is 12.8. The Morgan fingerprint density at radius 1 is 1.67 bits per heavy atom. The normalized spacial score (nSPS) is 22.6. The second-order valence-electron chi connectivity index (χ2n) is 5.08. The van der Waals surface area contributed by atoms with Crippen molar-refractivity contribution in [1.82, 2.24) is 4.98 Å². The van der Waals surface area contributed by atoms with Gasteiger partial charge in [-0.1, -0.05) is 0 Å². The molecule has 1 atom stereocenters. The largest absolute Gasteiger partial charge is 0.394 e. The van der Waals surface area contributed by atoms with E-state index in [1.165, 1.54) is 0 Å². The third-order valence-electron chi connectivity index (χ3n) is 2.88. The number of nitrogens with zero attached hydrogens (tertiary/aromatic N) is 3. The van der Waals surface area contributed by atoms with Crippen molar-refractivity contribution in [3.8, 4) is 6.07 Å². The summed E-state index contributed by atoms with van der Waals surface area (Å²) in [5.74, 6) is 0.754. The van der Waals surface area contributed by atoms with E-state index in [0.29, 0.717) is 18.7 Å². The van der Waals surface area contributed by atoms with E-state index in [1.54, 1.807) is 18.3 Å². The van der Waals surface area contributed by atoms with Crippen molar-refractivity contribution in [3.05, 3.63) is 23.9 Å². The van der Waals surface area contributed by atoms with Crippen LogP contribution in [-0.2, 0) is 4.74 Å². The molecule has 96 valence electrons. The van der Waals surface area contributed by atoms with Crippen LogP contribution in [-0.4, -0.2) is 41.5 Å². The molecule has 1 aliphatic heterocycles. The molecule has 2 heterocycles. The summed E-state index contributed by atoms with van der Waals surface area (Å²) in [6.07, 6.45) is 1.41. The number of ether oxygens (including phenoxy) is 1. The first-order chi connectivity index (χ1) is 8.54. The van der Waals surface area contributed by atoms with E-state index in [0.717, 1.165) is 5.82 Å². The Labute approximate surface area is 107 Å². The highest BCUT2D eigenvalue weighted by atomic mass is 16.5. The van der Waals surface area contributed by atoms with Gasteiger partial charge in [-0.3, -0.25) is 0 Å². The van der Waals surface area contributed by atoms with Crippen molar-refractivity contribution in [2.45, 2.75) is 25.6 Å². The standard InChI is InChI=1S/C13H17N3O2/c1-13(2)9-16(7-11(8-17)18-13)12-5-10(6-14)3-4-15-12/h3-5,11,17H,7-9H2,1-2H3. The third kappa shape index (κ3) is 2.78. The molecule has 1 aliphatic rings. The van der Waals surface area contributed by atoms with Crippen LogP contribution in [0.15, 0.2) is 18.3 Å². The maximum absolute atomic E-state index is 9.26. The van der Waals surface area contributed by atoms with E-state index in [1.807, 2.05) is 18.7 Å². The average Bonchev–Trinajstić information content (AvgIpc) is 2.37. The highest BCUT2D eigenvalue weighted by Gasteiger charge is 2.33. The minimum Gasteiger partial charge on any atom is -0.394 e. The van der Waals surface area contributed by atoms with Crippen molar-refractivity contribution in [1.29, 1.82) is 5.26 Å².